The van der Waals surface area contributed by atoms with Crippen molar-refractivity contribution >= 4 is 11.6 Å². The Labute approximate surface area is 347 Å². The quantitative estimate of drug-likeness (QED) is 0.0621. The van der Waals surface area contributed by atoms with Crippen molar-refractivity contribution in [1.29, 1.82) is 0 Å². The first kappa shape index (κ1) is 51.7. The van der Waals surface area contributed by atoms with E-state index in [-0.39, 0.29) is 13.4 Å². The van der Waals surface area contributed by atoms with E-state index in [1.54, 1.807) is 0 Å². The first-order valence-corrected chi connectivity index (χ1v) is 25.3. The van der Waals surface area contributed by atoms with Gasteiger partial charge in [-0.2, -0.15) is 0 Å². The average molecular weight is 769 g/mol. The fourth-order valence-corrected chi connectivity index (χ4v) is 8.72. The van der Waals surface area contributed by atoms with E-state index in [0.717, 1.165) is 25.2 Å². The predicted octanol–water partition coefficient (Wildman–Crippen LogP) is 17.4. The van der Waals surface area contributed by atoms with Gasteiger partial charge < -0.3 is 4.90 Å². The van der Waals surface area contributed by atoms with Crippen LogP contribution in [-0.4, -0.2) is 37.0 Å². The zero-order valence-corrected chi connectivity index (χ0v) is 38.1. The molecule has 1 aliphatic heterocycles. The monoisotopic (exact) mass is 769 g/mol. The van der Waals surface area contributed by atoms with Crippen molar-refractivity contribution in [2.24, 2.45) is 0 Å². The van der Waals surface area contributed by atoms with Gasteiger partial charge in [0.15, 0.2) is 0 Å². The molecule has 55 heavy (non-hydrogen) atoms. The number of carbonyl (C=O) groups excluding carboxylic acids is 1. The van der Waals surface area contributed by atoms with Crippen molar-refractivity contribution in [1.82, 2.24) is 4.90 Å². The Morgan fingerprint density at radius 1 is 0.473 bits per heavy atom. The van der Waals surface area contributed by atoms with E-state index in [1.807, 2.05) is 49.1 Å². The standard InChI is InChI=1S/C50H92N2O.C2H6.H2/c1-3-4-5-6-7-8-9-10-11-12-13-14-15-16-17-18-19-20-21-22-23-24-25-26-27-28-29-30-31-32-33-34-35-36-37-38-42-46-51(2)49-45-47-52(50(49)53)48-43-40-39-41-44-48;1-2;/h39-41,43-44,49H,3-38,42,45-47H2,1-2H3;1-2H3;1H. The highest BCUT2D eigenvalue weighted by molar-refractivity contribution is 5.99. The number of benzene rings is 1. The van der Waals surface area contributed by atoms with Crippen LogP contribution in [0.4, 0.5) is 5.69 Å². The fourth-order valence-electron chi connectivity index (χ4n) is 8.72. The Hall–Kier alpha value is -1.35. The lowest BCUT2D eigenvalue weighted by Crippen LogP contribution is -2.40. The minimum Gasteiger partial charge on any atom is -0.311 e. The lowest BCUT2D eigenvalue weighted by molar-refractivity contribution is -0.121. The maximum Gasteiger partial charge on any atom is 0.244 e. The molecule has 0 aromatic heterocycles. The van der Waals surface area contributed by atoms with Crippen LogP contribution in [0.5, 0.6) is 0 Å². The summed E-state index contributed by atoms with van der Waals surface area (Å²) in [4.78, 5) is 17.2. The molecule has 1 aromatic carbocycles. The molecule has 3 nitrogen and oxygen atoms in total. The Balaban J connectivity index is 0.00000991. The van der Waals surface area contributed by atoms with Gasteiger partial charge in [0.1, 0.15) is 0 Å². The molecule has 1 aromatic rings. The Bertz CT molecular complexity index is 909. The Morgan fingerprint density at radius 2 is 0.745 bits per heavy atom. The SMILES string of the molecule is CC.CCCCCCCCCCCCCCCCCCCCCCCCCCCCCCCCCCCCCCCN(C)C1CCN(c2ccccc2)C1=O.[HH]. The van der Waals surface area contributed by atoms with Crippen LogP contribution in [0.25, 0.3) is 0 Å². The molecule has 324 valence electrons. The van der Waals surface area contributed by atoms with Crippen LogP contribution >= 0.6 is 0 Å². The largest absolute Gasteiger partial charge is 0.311 e. The summed E-state index contributed by atoms with van der Waals surface area (Å²) in [5, 5.41) is 0. The number of anilines is 1. The number of carbonyl (C=O) groups is 1. The highest BCUT2D eigenvalue weighted by Gasteiger charge is 2.34. The summed E-state index contributed by atoms with van der Waals surface area (Å²) in [6.45, 7) is 8.19. The Morgan fingerprint density at radius 3 is 1.04 bits per heavy atom. The van der Waals surface area contributed by atoms with Crippen molar-refractivity contribution in [2.75, 3.05) is 25.0 Å². The molecule has 1 atom stereocenters. The molecule has 0 aliphatic carbocycles. The summed E-state index contributed by atoms with van der Waals surface area (Å²) in [7, 11) is 2.14. The molecule has 1 unspecified atom stereocenters. The van der Waals surface area contributed by atoms with Crippen molar-refractivity contribution < 1.29 is 6.22 Å². The third kappa shape index (κ3) is 30.4. The molecule has 3 heteroatoms. The van der Waals surface area contributed by atoms with E-state index >= 15 is 0 Å². The van der Waals surface area contributed by atoms with Gasteiger partial charge >= 0.3 is 0 Å². The second-order valence-corrected chi connectivity index (χ2v) is 17.3. The van der Waals surface area contributed by atoms with Crippen molar-refractivity contribution in [2.45, 2.75) is 271 Å². The van der Waals surface area contributed by atoms with E-state index < -0.39 is 0 Å². The van der Waals surface area contributed by atoms with Gasteiger partial charge in [-0.25, -0.2) is 0 Å². The molecule has 1 heterocycles. The van der Waals surface area contributed by atoms with E-state index in [9.17, 15) is 4.79 Å². The maximum atomic E-state index is 12.9. The second kappa shape index (κ2) is 40.8. The number of hydrogen-bond acceptors (Lipinski definition) is 2. The number of nitrogens with zero attached hydrogens (tertiary/aromatic N) is 2. The molecular weight excluding hydrogens is 669 g/mol. The van der Waals surface area contributed by atoms with Gasteiger partial charge in [-0.05, 0) is 38.6 Å². The van der Waals surface area contributed by atoms with Crippen LogP contribution in [-0.2, 0) is 4.79 Å². The number of likely N-dealkylation sites (N-methyl/N-ethyl adjacent to an activating group) is 1. The zero-order valence-electron chi connectivity index (χ0n) is 38.1. The maximum absolute atomic E-state index is 12.9. The van der Waals surface area contributed by atoms with E-state index in [2.05, 4.69) is 18.9 Å². The van der Waals surface area contributed by atoms with Gasteiger partial charge in [0.2, 0.25) is 5.91 Å². The fraction of sp³-hybridized carbons (Fsp3) is 0.865. The van der Waals surface area contributed by atoms with Gasteiger partial charge in [-0.3, -0.25) is 9.69 Å². The highest BCUT2D eigenvalue weighted by atomic mass is 16.2. The molecule has 0 N–H and O–H groups in total. The number of unbranched alkanes of at least 4 members (excludes halogenated alkanes) is 36. The van der Waals surface area contributed by atoms with Crippen molar-refractivity contribution in [3.05, 3.63) is 30.3 Å². The van der Waals surface area contributed by atoms with Gasteiger partial charge in [0.05, 0.1) is 6.04 Å². The molecule has 0 saturated carbocycles. The molecule has 0 bridgehead atoms. The lowest BCUT2D eigenvalue weighted by Gasteiger charge is -2.23. The van der Waals surface area contributed by atoms with Crippen molar-refractivity contribution in [3.63, 3.8) is 0 Å². The number of hydrogen-bond donors (Lipinski definition) is 0. The summed E-state index contributed by atoms with van der Waals surface area (Å²) in [5.74, 6) is 0.278. The molecule has 1 saturated heterocycles. The molecule has 1 amide bonds. The van der Waals surface area contributed by atoms with E-state index in [0.29, 0.717) is 0 Å². The van der Waals surface area contributed by atoms with Crippen LogP contribution in [0.3, 0.4) is 0 Å². The van der Waals surface area contributed by atoms with Crippen LogP contribution in [0.15, 0.2) is 30.3 Å². The molecular formula is C52H100N2O. The smallest absolute Gasteiger partial charge is 0.244 e. The summed E-state index contributed by atoms with van der Waals surface area (Å²) in [6, 6.07) is 10.2. The summed E-state index contributed by atoms with van der Waals surface area (Å²) in [6.07, 6.45) is 54.6. The average Bonchev–Trinajstić information content (AvgIpc) is 3.61. The topological polar surface area (TPSA) is 23.6 Å². The van der Waals surface area contributed by atoms with Gasteiger partial charge in [0, 0.05) is 13.7 Å². The second-order valence-electron chi connectivity index (χ2n) is 17.3. The summed E-state index contributed by atoms with van der Waals surface area (Å²) >= 11 is 0. The van der Waals surface area contributed by atoms with Crippen LogP contribution in [0, 0.1) is 0 Å². The zero-order chi connectivity index (χ0) is 39.7. The number of para-hydroxylation sites is 1. The lowest BCUT2D eigenvalue weighted by atomic mass is 10.0. The summed E-state index contributed by atoms with van der Waals surface area (Å²) < 4.78 is 0. The van der Waals surface area contributed by atoms with Gasteiger partial charge in [0.25, 0.3) is 0 Å². The molecule has 0 spiro atoms. The highest BCUT2D eigenvalue weighted by Crippen LogP contribution is 2.24. The first-order chi connectivity index (χ1) is 27.2. The molecule has 0 radical (unpaired) electrons. The van der Waals surface area contributed by atoms with Crippen LogP contribution < -0.4 is 4.90 Å². The molecule has 1 fully saturated rings. The normalized spacial score (nSPS) is 14.2. The minimum atomic E-state index is 0. The molecule has 2 rings (SSSR count). The van der Waals surface area contributed by atoms with Crippen molar-refractivity contribution in [3.8, 4) is 0 Å². The van der Waals surface area contributed by atoms with Crippen LogP contribution in [0.2, 0.25) is 0 Å². The van der Waals surface area contributed by atoms with E-state index in [1.165, 1.54) is 238 Å². The van der Waals surface area contributed by atoms with Gasteiger partial charge in [-0.15, -0.1) is 0 Å². The number of amides is 1. The first-order valence-electron chi connectivity index (χ1n) is 25.3. The predicted molar refractivity (Wildman–Crippen MR) is 250 cm³/mol. The Kier molecular flexibility index (Phi) is 38.4. The van der Waals surface area contributed by atoms with E-state index in [4.69, 9.17) is 0 Å². The van der Waals surface area contributed by atoms with Crippen LogP contribution in [0.1, 0.15) is 266 Å². The molecule has 1 aliphatic rings. The van der Waals surface area contributed by atoms with Gasteiger partial charge in [-0.1, -0.05) is 270 Å². The number of rotatable bonds is 40. The minimum absolute atomic E-state index is 0. The third-order valence-electron chi connectivity index (χ3n) is 12.4. The summed E-state index contributed by atoms with van der Waals surface area (Å²) in [5.41, 5.74) is 1.04. The third-order valence-corrected chi connectivity index (χ3v) is 12.4.